The zero-order valence-corrected chi connectivity index (χ0v) is 13.9. The predicted octanol–water partition coefficient (Wildman–Crippen LogP) is 3.13. The number of thioether (sulfide) groups is 1. The van der Waals surface area contributed by atoms with Crippen LogP contribution < -0.4 is 9.47 Å². The van der Waals surface area contributed by atoms with Gasteiger partial charge in [0.05, 0.1) is 5.75 Å². The van der Waals surface area contributed by atoms with E-state index in [4.69, 9.17) is 18.4 Å². The molecule has 0 bridgehead atoms. The Morgan fingerprint density at radius 1 is 1.12 bits per heavy atom. The topological polar surface area (TPSA) is 96.3 Å². The quantitative estimate of drug-likeness (QED) is 0.637. The number of hydrogen-bond acceptors (Lipinski definition) is 9. The van der Waals surface area contributed by atoms with Gasteiger partial charge in [-0.1, -0.05) is 29.1 Å². The first-order valence-electron chi connectivity index (χ1n) is 8.02. The van der Waals surface area contributed by atoms with E-state index in [-0.39, 0.29) is 0 Å². The van der Waals surface area contributed by atoms with Crippen molar-refractivity contribution in [1.29, 1.82) is 0 Å². The molecular weight excluding hydrogens is 344 g/mol. The van der Waals surface area contributed by atoms with E-state index < -0.39 is 6.10 Å². The van der Waals surface area contributed by atoms with E-state index >= 15 is 0 Å². The molecule has 1 aliphatic carbocycles. The second-order valence-electron chi connectivity index (χ2n) is 5.88. The van der Waals surface area contributed by atoms with Gasteiger partial charge in [0.15, 0.2) is 17.3 Å². The first-order chi connectivity index (χ1) is 12.3. The third-order valence-electron chi connectivity index (χ3n) is 3.95. The van der Waals surface area contributed by atoms with Crippen LogP contribution in [-0.2, 0) is 5.75 Å². The Labute approximate surface area is 146 Å². The molecule has 25 heavy (non-hydrogen) atoms. The zero-order chi connectivity index (χ0) is 16.6. The molecule has 1 aliphatic heterocycles. The Kier molecular flexibility index (Phi) is 3.58. The Hall–Kier alpha value is -2.55. The molecule has 0 saturated heterocycles. The number of hydrogen-bond donors (Lipinski definition) is 0. The fourth-order valence-electron chi connectivity index (χ4n) is 2.51. The van der Waals surface area contributed by atoms with Crippen LogP contribution in [0.1, 0.15) is 42.5 Å². The van der Waals surface area contributed by atoms with Gasteiger partial charge in [0.25, 0.3) is 11.1 Å². The molecule has 8 nitrogen and oxygen atoms in total. The first-order valence-corrected chi connectivity index (χ1v) is 9.01. The summed E-state index contributed by atoms with van der Waals surface area (Å²) in [7, 11) is 0. The number of fused-ring (bicyclic) bond motifs is 1. The van der Waals surface area contributed by atoms with Gasteiger partial charge in [0, 0.05) is 5.92 Å². The fourth-order valence-corrected chi connectivity index (χ4v) is 3.11. The van der Waals surface area contributed by atoms with Crippen LogP contribution in [0, 0.1) is 0 Å². The van der Waals surface area contributed by atoms with Crippen LogP contribution in [0.25, 0.3) is 0 Å². The van der Waals surface area contributed by atoms with Crippen LogP contribution in [0.5, 0.6) is 11.5 Å². The summed E-state index contributed by atoms with van der Waals surface area (Å²) in [4.78, 5) is 4.38. The smallest absolute Gasteiger partial charge is 0.277 e. The van der Waals surface area contributed by atoms with Crippen molar-refractivity contribution < 1.29 is 18.4 Å². The average Bonchev–Trinajstić information content (AvgIpc) is 3.20. The molecule has 1 unspecified atom stereocenters. The van der Waals surface area contributed by atoms with Gasteiger partial charge in [-0.3, -0.25) is 0 Å². The van der Waals surface area contributed by atoms with Crippen molar-refractivity contribution in [3.05, 3.63) is 41.9 Å². The van der Waals surface area contributed by atoms with Crippen LogP contribution in [0.2, 0.25) is 0 Å². The van der Waals surface area contributed by atoms with E-state index in [0.29, 0.717) is 41.0 Å². The van der Waals surface area contributed by atoms with Gasteiger partial charge in [0.2, 0.25) is 12.0 Å². The van der Waals surface area contributed by atoms with Gasteiger partial charge in [-0.15, -0.1) is 10.2 Å². The van der Waals surface area contributed by atoms with Gasteiger partial charge >= 0.3 is 0 Å². The molecule has 3 aromatic rings. The summed E-state index contributed by atoms with van der Waals surface area (Å²) >= 11 is 1.36. The minimum Gasteiger partial charge on any atom is -0.485 e. The Morgan fingerprint density at radius 3 is 2.88 bits per heavy atom. The third kappa shape index (κ3) is 3.07. The van der Waals surface area contributed by atoms with E-state index in [2.05, 4.69) is 20.3 Å². The molecule has 0 spiro atoms. The maximum absolute atomic E-state index is 5.86. The highest BCUT2D eigenvalue weighted by Crippen LogP contribution is 2.38. The number of ether oxygens (including phenoxy) is 2. The summed E-state index contributed by atoms with van der Waals surface area (Å²) in [6.45, 7) is 0.331. The highest BCUT2D eigenvalue weighted by molar-refractivity contribution is 7.98. The SMILES string of the molecule is c1ccc2c(c1)OCC(c1nnc(SCc3nc(C4CC4)no3)o1)O2. The molecule has 9 heteroatoms. The highest BCUT2D eigenvalue weighted by Gasteiger charge is 2.29. The number of benzene rings is 1. The monoisotopic (exact) mass is 358 g/mol. The van der Waals surface area contributed by atoms with Gasteiger partial charge in [-0.05, 0) is 25.0 Å². The molecule has 2 aromatic heterocycles. The molecule has 1 fully saturated rings. The number of rotatable bonds is 5. The van der Waals surface area contributed by atoms with Gasteiger partial charge < -0.3 is 18.4 Å². The lowest BCUT2D eigenvalue weighted by atomic mass is 10.2. The lowest BCUT2D eigenvalue weighted by molar-refractivity contribution is 0.0686. The van der Waals surface area contributed by atoms with E-state index in [0.717, 1.165) is 24.4 Å². The molecule has 0 radical (unpaired) electrons. The molecule has 3 heterocycles. The molecule has 0 amide bonds. The molecule has 2 aliphatic rings. The Morgan fingerprint density at radius 2 is 2.00 bits per heavy atom. The van der Waals surface area contributed by atoms with E-state index in [1.54, 1.807) is 0 Å². The second kappa shape index (κ2) is 6.07. The standard InChI is InChI=1S/C16H14N4O4S/c1-2-4-11-10(3-1)21-7-12(22-11)15-18-19-16(23-15)25-8-13-17-14(20-24-13)9-5-6-9/h1-4,9,12H,5-8H2. The van der Waals surface area contributed by atoms with Gasteiger partial charge in [0.1, 0.15) is 6.61 Å². The maximum Gasteiger partial charge on any atom is 0.277 e. The lowest BCUT2D eigenvalue weighted by Crippen LogP contribution is -2.21. The van der Waals surface area contributed by atoms with Crippen LogP contribution in [0.3, 0.4) is 0 Å². The normalized spacial score (nSPS) is 19.1. The summed E-state index contributed by atoms with van der Waals surface area (Å²) < 4.78 is 22.4. The van der Waals surface area contributed by atoms with Crippen LogP contribution >= 0.6 is 11.8 Å². The summed E-state index contributed by atoms with van der Waals surface area (Å²) in [6.07, 6.45) is 1.87. The van der Waals surface area contributed by atoms with Crippen LogP contribution in [-0.4, -0.2) is 26.9 Å². The lowest BCUT2D eigenvalue weighted by Gasteiger charge is -2.23. The molecule has 1 aromatic carbocycles. The molecule has 5 rings (SSSR count). The minimum absolute atomic E-state index is 0.331. The van der Waals surface area contributed by atoms with Crippen molar-refractivity contribution >= 4 is 11.8 Å². The maximum atomic E-state index is 5.86. The highest BCUT2D eigenvalue weighted by atomic mass is 32.2. The van der Waals surface area contributed by atoms with Crippen LogP contribution in [0.15, 0.2) is 38.4 Å². The van der Waals surface area contributed by atoms with Crippen molar-refractivity contribution in [2.45, 2.75) is 35.8 Å². The van der Waals surface area contributed by atoms with E-state index in [9.17, 15) is 0 Å². The molecule has 0 N–H and O–H groups in total. The molecule has 1 atom stereocenters. The first kappa shape index (κ1) is 14.8. The number of para-hydroxylation sites is 2. The Bertz CT molecular complexity index is 892. The third-order valence-corrected chi connectivity index (χ3v) is 4.75. The van der Waals surface area contributed by atoms with Crippen molar-refractivity contribution in [2.24, 2.45) is 0 Å². The molecular formula is C16H14N4O4S. The summed E-state index contributed by atoms with van der Waals surface area (Å²) in [5, 5.41) is 12.5. The Balaban J connectivity index is 1.23. The van der Waals surface area contributed by atoms with E-state index in [1.165, 1.54) is 11.8 Å². The van der Waals surface area contributed by atoms with Crippen molar-refractivity contribution in [2.75, 3.05) is 6.61 Å². The predicted molar refractivity (Wildman–Crippen MR) is 85.4 cm³/mol. The molecule has 128 valence electrons. The largest absolute Gasteiger partial charge is 0.485 e. The van der Waals surface area contributed by atoms with E-state index in [1.807, 2.05) is 24.3 Å². The van der Waals surface area contributed by atoms with Crippen molar-refractivity contribution in [1.82, 2.24) is 20.3 Å². The minimum atomic E-state index is -0.415. The summed E-state index contributed by atoms with van der Waals surface area (Å²) in [5.74, 6) is 4.11. The van der Waals surface area contributed by atoms with Crippen molar-refractivity contribution in [3.63, 3.8) is 0 Å². The average molecular weight is 358 g/mol. The summed E-state index contributed by atoms with van der Waals surface area (Å²) in [5.41, 5.74) is 0. The zero-order valence-electron chi connectivity index (χ0n) is 13.1. The summed E-state index contributed by atoms with van der Waals surface area (Å²) in [6, 6.07) is 7.50. The molecule has 1 saturated carbocycles. The fraction of sp³-hybridized carbons (Fsp3) is 0.375. The van der Waals surface area contributed by atoms with Crippen molar-refractivity contribution in [3.8, 4) is 11.5 Å². The van der Waals surface area contributed by atoms with Crippen LogP contribution in [0.4, 0.5) is 0 Å². The van der Waals surface area contributed by atoms with Gasteiger partial charge in [-0.2, -0.15) is 4.98 Å². The number of aromatic nitrogens is 4. The number of nitrogens with zero attached hydrogens (tertiary/aromatic N) is 4. The van der Waals surface area contributed by atoms with Gasteiger partial charge in [-0.25, -0.2) is 0 Å². The second-order valence-corrected chi connectivity index (χ2v) is 6.81.